The van der Waals surface area contributed by atoms with Crippen LogP contribution < -0.4 is 4.74 Å². The summed E-state index contributed by atoms with van der Waals surface area (Å²) >= 11 is 0. The average molecular weight is 813 g/mol. The van der Waals surface area contributed by atoms with Crippen molar-refractivity contribution in [3.8, 4) is 5.75 Å². The monoisotopic (exact) mass is 812 g/mol. The third-order valence-electron chi connectivity index (χ3n) is 13.3. The van der Waals surface area contributed by atoms with Crippen molar-refractivity contribution in [2.75, 3.05) is 0 Å². The van der Waals surface area contributed by atoms with Crippen molar-refractivity contribution >= 4 is 32.2 Å². The van der Waals surface area contributed by atoms with Crippen LogP contribution in [0.3, 0.4) is 0 Å². The molecule has 0 spiro atoms. The smallest absolute Gasteiger partial charge is 0.315 e. The first-order chi connectivity index (χ1) is 26.2. The Bertz CT molecular complexity index is 2040. The normalized spacial score (nSPS) is 29.1. The lowest BCUT2D eigenvalue weighted by Crippen LogP contribution is -2.44. The van der Waals surface area contributed by atoms with E-state index in [0.29, 0.717) is 5.92 Å². The van der Waals surface area contributed by atoms with Crippen LogP contribution in [-0.4, -0.2) is 45.5 Å². The minimum atomic E-state index is -5.77. The maximum atomic E-state index is 14.9. The first-order valence-corrected chi connectivity index (χ1v) is 22.4. The van der Waals surface area contributed by atoms with E-state index in [0.717, 1.165) is 107 Å². The van der Waals surface area contributed by atoms with Gasteiger partial charge in [-0.2, -0.15) is 25.6 Å². The quantitative estimate of drug-likeness (QED) is 0.0657. The van der Waals surface area contributed by atoms with Crippen LogP contribution in [0, 0.1) is 46.9 Å². The van der Waals surface area contributed by atoms with Gasteiger partial charge >= 0.3 is 22.1 Å². The molecule has 5 saturated carbocycles. The lowest BCUT2D eigenvalue weighted by molar-refractivity contribution is -0.150. The Kier molecular flexibility index (Phi) is 10.4. The zero-order chi connectivity index (χ0) is 39.0. The summed E-state index contributed by atoms with van der Waals surface area (Å²) in [5.41, 5.74) is 2.64. The molecule has 0 amide bonds. The highest BCUT2D eigenvalue weighted by Crippen LogP contribution is 2.60. The van der Waals surface area contributed by atoms with Gasteiger partial charge < -0.3 is 9.47 Å². The molecule has 1 aliphatic heterocycles. The van der Waals surface area contributed by atoms with Crippen LogP contribution in [0.25, 0.3) is 0 Å². The Labute approximate surface area is 317 Å². The molecule has 16 heteroatoms. The molecular weight excluding hydrogens is 769 g/mol. The van der Waals surface area contributed by atoms with Crippen LogP contribution in [-0.2, 0) is 38.7 Å². The van der Waals surface area contributed by atoms with Gasteiger partial charge in [0.05, 0.1) is 11.8 Å². The Balaban J connectivity index is 1.16. The molecular formula is C39H44F4O10S2. The van der Waals surface area contributed by atoms with Crippen LogP contribution in [0.2, 0.25) is 0 Å². The summed E-state index contributed by atoms with van der Waals surface area (Å²) in [6, 6.07) is 4.16. The van der Waals surface area contributed by atoms with E-state index in [2.05, 4.69) is 12.1 Å². The average Bonchev–Trinajstić information content (AvgIpc) is 3.80. The molecule has 6 aliphatic rings. The van der Waals surface area contributed by atoms with Crippen LogP contribution in [0.5, 0.6) is 5.75 Å². The molecule has 1 N–H and O–H groups in total. The molecule has 2 aromatic rings. The van der Waals surface area contributed by atoms with Crippen LogP contribution in [0.4, 0.5) is 17.6 Å². The van der Waals surface area contributed by atoms with Gasteiger partial charge in [-0.3, -0.25) is 18.3 Å². The molecule has 8 rings (SSSR count). The molecule has 5 aliphatic carbocycles. The van der Waals surface area contributed by atoms with Crippen molar-refractivity contribution < 1.29 is 62.2 Å². The summed E-state index contributed by atoms with van der Waals surface area (Å²) in [4.78, 5) is 24.6. The van der Waals surface area contributed by atoms with Crippen LogP contribution in [0.1, 0.15) is 137 Å². The number of ether oxygens (including phenoxy) is 2. The third-order valence-corrected chi connectivity index (χ3v) is 15.6. The van der Waals surface area contributed by atoms with Gasteiger partial charge in [-0.15, -0.1) is 0 Å². The lowest BCUT2D eigenvalue weighted by Gasteiger charge is -2.34. The van der Waals surface area contributed by atoms with Gasteiger partial charge in [-0.1, -0.05) is 69.9 Å². The topological polar surface area (TPSA) is 150 Å². The fourth-order valence-corrected chi connectivity index (χ4v) is 13.1. The Morgan fingerprint density at radius 2 is 1.18 bits per heavy atom. The Morgan fingerprint density at radius 3 is 1.67 bits per heavy atom. The van der Waals surface area contributed by atoms with Crippen molar-refractivity contribution in [1.82, 2.24) is 0 Å². The number of carbonyl (C=O) groups is 2. The number of fused-ring (bicyclic) bond motifs is 1. The van der Waals surface area contributed by atoms with Gasteiger partial charge in [0.1, 0.15) is 17.1 Å². The maximum absolute atomic E-state index is 14.9. The number of rotatable bonds is 9. The van der Waals surface area contributed by atoms with Gasteiger partial charge in [0.25, 0.3) is 10.1 Å². The van der Waals surface area contributed by atoms with E-state index in [4.69, 9.17) is 18.2 Å². The largest absolute Gasteiger partial charge is 0.459 e. The molecule has 0 radical (unpaired) electrons. The highest BCUT2D eigenvalue weighted by molar-refractivity contribution is 7.87. The van der Waals surface area contributed by atoms with Crippen molar-refractivity contribution in [3.63, 3.8) is 0 Å². The molecule has 6 fully saturated rings. The summed E-state index contributed by atoms with van der Waals surface area (Å²) in [6.07, 6.45) is 12.3. The lowest BCUT2D eigenvalue weighted by atomic mass is 9.76. The highest BCUT2D eigenvalue weighted by Gasteiger charge is 2.70. The van der Waals surface area contributed by atoms with Crippen molar-refractivity contribution in [2.24, 2.45) is 23.7 Å². The van der Waals surface area contributed by atoms with Gasteiger partial charge in [-0.25, -0.2) is 8.78 Å². The zero-order valence-electron chi connectivity index (χ0n) is 30.1. The minimum Gasteiger partial charge on any atom is -0.459 e. The van der Waals surface area contributed by atoms with E-state index in [1.54, 1.807) is 0 Å². The third kappa shape index (κ3) is 6.79. The molecule has 6 unspecified atom stereocenters. The minimum absolute atomic E-state index is 0.0118. The molecule has 10 nitrogen and oxygen atoms in total. The molecule has 1 heterocycles. The van der Waals surface area contributed by atoms with E-state index in [-0.39, 0.29) is 23.2 Å². The number of hydrogen-bond donors (Lipinski definition) is 1. The number of esters is 2. The highest BCUT2D eigenvalue weighted by atomic mass is 32.2. The summed E-state index contributed by atoms with van der Waals surface area (Å²) < 4.78 is 137. The maximum Gasteiger partial charge on any atom is 0.315 e. The number of carbonyl (C=O) groups excluding carboxylic acids is 2. The summed E-state index contributed by atoms with van der Waals surface area (Å²) in [5.74, 6) is -18.5. The van der Waals surface area contributed by atoms with Crippen molar-refractivity contribution in [2.45, 2.75) is 142 Å². The van der Waals surface area contributed by atoms with Crippen molar-refractivity contribution in [1.29, 1.82) is 0 Å². The molecule has 0 aromatic heterocycles. The number of halogens is 4. The predicted octanol–water partition coefficient (Wildman–Crippen LogP) is 8.12. The Morgan fingerprint density at radius 1 is 0.691 bits per heavy atom. The summed E-state index contributed by atoms with van der Waals surface area (Å²) in [7, 11) is -10.4. The number of benzene rings is 2. The van der Waals surface area contributed by atoms with Crippen LogP contribution >= 0.6 is 0 Å². The molecule has 2 bridgehead atoms. The van der Waals surface area contributed by atoms with Gasteiger partial charge in [0.2, 0.25) is 17.4 Å². The van der Waals surface area contributed by atoms with Crippen LogP contribution in [0.15, 0.2) is 21.9 Å². The first-order valence-electron chi connectivity index (χ1n) is 19.5. The molecule has 300 valence electrons. The second kappa shape index (κ2) is 14.7. The Hall–Kier alpha value is -3.08. The predicted molar refractivity (Wildman–Crippen MR) is 186 cm³/mol. The summed E-state index contributed by atoms with van der Waals surface area (Å²) in [6.45, 7) is 0. The fraction of sp³-hybridized carbons (Fsp3) is 0.641. The van der Waals surface area contributed by atoms with E-state index in [1.165, 1.54) is 6.42 Å². The summed E-state index contributed by atoms with van der Waals surface area (Å²) in [5, 5.41) is 0. The molecule has 55 heavy (non-hydrogen) atoms. The second-order valence-corrected chi connectivity index (χ2v) is 19.2. The van der Waals surface area contributed by atoms with Gasteiger partial charge in [0.15, 0.2) is 16.5 Å². The second-order valence-electron chi connectivity index (χ2n) is 16.4. The fourth-order valence-electron chi connectivity index (χ4n) is 10.8. The first kappa shape index (κ1) is 38.8. The zero-order valence-corrected chi connectivity index (χ0v) is 31.7. The molecule has 2 aromatic carbocycles. The number of hydrogen-bond acceptors (Lipinski definition) is 9. The molecule has 1 saturated heterocycles. The van der Waals surface area contributed by atoms with E-state index >= 15 is 0 Å². The SMILES string of the molecule is O=C1OC2C3CC(C2OS(=O)(=O)c2c(C4CCCCC4)cc(C4CCCCC4)cc2C2CCCCC2)C(C(=O)Oc2c(F)c(F)c(S(=O)(=O)O)c(F)c2F)C13. The van der Waals surface area contributed by atoms with Gasteiger partial charge in [-0.05, 0) is 79.4 Å². The van der Waals surface area contributed by atoms with E-state index < -0.39 is 102 Å². The van der Waals surface area contributed by atoms with Gasteiger partial charge in [0, 0.05) is 11.8 Å². The van der Waals surface area contributed by atoms with E-state index in [9.17, 15) is 44.0 Å². The standard InChI is InChI=1S/C39H44F4O10S2/c40-29-31(42)37(54(46,47)48)32(43)30(41)35(29)52-39(45)28-26-18-25-27(28)38(44)51-33(25)34(26)53-55(49,50)36-23(20-12-6-2-7-13-20)16-22(19-10-4-1-5-11-19)17-24(36)21-14-8-3-9-15-21/h16-17,19-21,25-28,33-34H,1-15,18H2,(H,46,47,48). The van der Waals surface area contributed by atoms with Crippen molar-refractivity contribution in [3.05, 3.63) is 52.1 Å². The van der Waals surface area contributed by atoms with E-state index in [1.807, 2.05) is 0 Å². The molecule has 6 atom stereocenters.